The summed E-state index contributed by atoms with van der Waals surface area (Å²) in [4.78, 5) is 2.72. The second-order valence-electron chi connectivity index (χ2n) is 6.31. The van der Waals surface area contributed by atoms with Gasteiger partial charge in [-0.1, -0.05) is 6.92 Å². The molecule has 0 fully saturated rings. The fourth-order valence-electron chi connectivity index (χ4n) is 3.06. The van der Waals surface area contributed by atoms with Crippen molar-refractivity contribution < 1.29 is 0 Å². The second kappa shape index (κ2) is 5.49. The Balaban J connectivity index is 1.63. The van der Waals surface area contributed by atoms with Crippen LogP contribution in [0.1, 0.15) is 23.8 Å². The van der Waals surface area contributed by atoms with E-state index in [2.05, 4.69) is 33.6 Å². The van der Waals surface area contributed by atoms with Crippen LogP contribution >= 0.6 is 11.3 Å². The summed E-state index contributed by atoms with van der Waals surface area (Å²) in [5, 5.41) is 16.2. The fraction of sp³-hybridized carbons (Fsp3) is 0.438. The van der Waals surface area contributed by atoms with E-state index in [-0.39, 0.29) is 0 Å². The highest BCUT2D eigenvalue weighted by Crippen LogP contribution is 2.37. The van der Waals surface area contributed by atoms with Gasteiger partial charge in [0.15, 0.2) is 11.6 Å². The number of rotatable bonds is 3. The number of hydrogen-bond acceptors (Lipinski definition) is 5. The van der Waals surface area contributed by atoms with Crippen molar-refractivity contribution in [3.8, 4) is 10.7 Å². The van der Waals surface area contributed by atoms with E-state index in [4.69, 9.17) is 0 Å². The smallest absolute Gasteiger partial charge is 0.230 e. The zero-order valence-electron chi connectivity index (χ0n) is 13.6. The van der Waals surface area contributed by atoms with Crippen LogP contribution in [-0.4, -0.2) is 24.5 Å². The Morgan fingerprint density at radius 2 is 2.17 bits per heavy atom. The maximum Gasteiger partial charge on any atom is 0.230 e. The van der Waals surface area contributed by atoms with E-state index in [0.717, 1.165) is 17.6 Å². The SMILES string of the molecule is CC1CCc2sc(-c3nnc(Nc4ccn(C)n4)n3C)cc2C1. The van der Waals surface area contributed by atoms with E-state index in [1.807, 2.05) is 42.3 Å². The first-order valence-corrected chi connectivity index (χ1v) is 8.70. The Bertz CT molecular complexity index is 843. The van der Waals surface area contributed by atoms with E-state index in [0.29, 0.717) is 5.95 Å². The first-order valence-electron chi connectivity index (χ1n) is 7.88. The van der Waals surface area contributed by atoms with Crippen LogP contribution in [0.5, 0.6) is 0 Å². The molecule has 1 atom stereocenters. The highest BCUT2D eigenvalue weighted by atomic mass is 32.1. The summed E-state index contributed by atoms with van der Waals surface area (Å²) < 4.78 is 3.75. The van der Waals surface area contributed by atoms with Crippen LogP contribution in [0, 0.1) is 5.92 Å². The van der Waals surface area contributed by atoms with Crippen molar-refractivity contribution in [3.05, 3.63) is 28.8 Å². The Labute approximate surface area is 139 Å². The molecule has 0 radical (unpaired) electrons. The molecule has 1 aliphatic carbocycles. The molecule has 7 heteroatoms. The third kappa shape index (κ3) is 2.65. The molecule has 0 aromatic carbocycles. The first kappa shape index (κ1) is 14.4. The largest absolute Gasteiger partial charge is 0.307 e. The summed E-state index contributed by atoms with van der Waals surface area (Å²) in [5.41, 5.74) is 1.49. The summed E-state index contributed by atoms with van der Waals surface area (Å²) >= 11 is 1.86. The van der Waals surface area contributed by atoms with E-state index >= 15 is 0 Å². The highest BCUT2D eigenvalue weighted by Gasteiger charge is 2.21. The average molecular weight is 328 g/mol. The average Bonchev–Trinajstić information content (AvgIpc) is 3.19. The molecule has 4 rings (SSSR count). The molecule has 0 saturated heterocycles. The molecule has 0 aliphatic heterocycles. The zero-order chi connectivity index (χ0) is 16.0. The monoisotopic (exact) mass is 328 g/mol. The van der Waals surface area contributed by atoms with Crippen molar-refractivity contribution >= 4 is 23.1 Å². The molecule has 3 aromatic heterocycles. The molecule has 0 spiro atoms. The third-order valence-corrected chi connectivity index (χ3v) is 5.61. The third-order valence-electron chi connectivity index (χ3n) is 4.38. The molecule has 1 unspecified atom stereocenters. The number of thiophene rings is 1. The maximum atomic E-state index is 4.38. The minimum absolute atomic E-state index is 0.707. The highest BCUT2D eigenvalue weighted by molar-refractivity contribution is 7.15. The summed E-state index contributed by atoms with van der Waals surface area (Å²) in [7, 11) is 3.88. The Kier molecular flexibility index (Phi) is 3.45. The van der Waals surface area contributed by atoms with E-state index in [9.17, 15) is 0 Å². The van der Waals surface area contributed by atoms with Gasteiger partial charge in [0, 0.05) is 31.2 Å². The molecule has 6 nitrogen and oxygen atoms in total. The van der Waals surface area contributed by atoms with Crippen molar-refractivity contribution in [1.82, 2.24) is 24.5 Å². The molecule has 1 aliphatic rings. The summed E-state index contributed by atoms with van der Waals surface area (Å²) in [6, 6.07) is 4.21. The van der Waals surface area contributed by atoms with E-state index in [1.165, 1.54) is 34.6 Å². The van der Waals surface area contributed by atoms with E-state index < -0.39 is 0 Å². The lowest BCUT2D eigenvalue weighted by atomic mass is 9.90. The number of anilines is 2. The van der Waals surface area contributed by atoms with Gasteiger partial charge in [-0.25, -0.2) is 0 Å². The van der Waals surface area contributed by atoms with Crippen LogP contribution in [0.25, 0.3) is 10.7 Å². The van der Waals surface area contributed by atoms with Gasteiger partial charge in [-0.2, -0.15) is 5.10 Å². The second-order valence-corrected chi connectivity index (χ2v) is 7.45. The van der Waals surface area contributed by atoms with Crippen molar-refractivity contribution in [2.24, 2.45) is 20.0 Å². The van der Waals surface area contributed by atoms with Crippen molar-refractivity contribution in [2.45, 2.75) is 26.2 Å². The molecule has 3 heterocycles. The minimum Gasteiger partial charge on any atom is -0.307 e. The number of nitrogens with one attached hydrogen (secondary N) is 1. The van der Waals surface area contributed by atoms with Gasteiger partial charge >= 0.3 is 0 Å². The van der Waals surface area contributed by atoms with Gasteiger partial charge in [-0.3, -0.25) is 9.25 Å². The van der Waals surface area contributed by atoms with Crippen LogP contribution in [0.3, 0.4) is 0 Å². The molecular formula is C16H20N6S. The molecule has 0 saturated carbocycles. The van der Waals surface area contributed by atoms with Gasteiger partial charge < -0.3 is 5.32 Å². The summed E-state index contributed by atoms with van der Waals surface area (Å²) in [6.07, 6.45) is 5.56. The molecular weight excluding hydrogens is 308 g/mol. The van der Waals surface area contributed by atoms with Crippen LogP contribution in [-0.2, 0) is 26.9 Å². The number of aromatic nitrogens is 5. The van der Waals surface area contributed by atoms with Crippen molar-refractivity contribution in [3.63, 3.8) is 0 Å². The molecule has 0 amide bonds. The maximum absolute atomic E-state index is 4.38. The van der Waals surface area contributed by atoms with Gasteiger partial charge in [-0.15, -0.1) is 21.5 Å². The number of aryl methyl sites for hydroxylation is 2. The first-order chi connectivity index (χ1) is 11.1. The number of nitrogens with zero attached hydrogens (tertiary/aromatic N) is 5. The fourth-order valence-corrected chi connectivity index (χ4v) is 4.29. The normalized spacial score (nSPS) is 17.3. The standard InChI is InChI=1S/C16H20N6S/c1-10-4-5-12-11(8-10)9-13(23-12)15-18-19-16(22(15)3)17-14-6-7-21(2)20-14/h6-7,9-10H,4-5,8H2,1-3H3,(H,17,19,20). The van der Waals surface area contributed by atoms with Gasteiger partial charge in [-0.05, 0) is 36.8 Å². The molecule has 0 bridgehead atoms. The van der Waals surface area contributed by atoms with Gasteiger partial charge in [0.05, 0.1) is 4.88 Å². The summed E-state index contributed by atoms with van der Waals surface area (Å²) in [6.45, 7) is 2.33. The lowest BCUT2D eigenvalue weighted by Gasteiger charge is -2.16. The Morgan fingerprint density at radius 3 is 2.96 bits per heavy atom. The van der Waals surface area contributed by atoms with Crippen molar-refractivity contribution in [1.29, 1.82) is 0 Å². The van der Waals surface area contributed by atoms with E-state index in [1.54, 1.807) is 4.68 Å². The molecule has 23 heavy (non-hydrogen) atoms. The lowest BCUT2D eigenvalue weighted by Crippen LogP contribution is -2.08. The van der Waals surface area contributed by atoms with Crippen molar-refractivity contribution in [2.75, 3.05) is 5.32 Å². The van der Waals surface area contributed by atoms with Crippen LogP contribution in [0.4, 0.5) is 11.8 Å². The van der Waals surface area contributed by atoms with Gasteiger partial charge in [0.1, 0.15) is 0 Å². The predicted molar refractivity (Wildman–Crippen MR) is 92.0 cm³/mol. The van der Waals surface area contributed by atoms with Gasteiger partial charge in [0.2, 0.25) is 5.95 Å². The predicted octanol–water partition coefficient (Wildman–Crippen LogP) is 3.15. The quantitative estimate of drug-likeness (QED) is 0.802. The van der Waals surface area contributed by atoms with Crippen LogP contribution in [0.2, 0.25) is 0 Å². The Morgan fingerprint density at radius 1 is 1.30 bits per heavy atom. The lowest BCUT2D eigenvalue weighted by molar-refractivity contribution is 0.506. The topological polar surface area (TPSA) is 60.6 Å². The van der Waals surface area contributed by atoms with Crippen LogP contribution < -0.4 is 5.32 Å². The zero-order valence-corrected chi connectivity index (χ0v) is 14.4. The van der Waals surface area contributed by atoms with Crippen LogP contribution in [0.15, 0.2) is 18.3 Å². The molecule has 1 N–H and O–H groups in total. The molecule has 120 valence electrons. The number of hydrogen-bond donors (Lipinski definition) is 1. The summed E-state index contributed by atoms with van der Waals surface area (Å²) in [5.74, 6) is 3.17. The molecule has 3 aromatic rings. The Hall–Kier alpha value is -2.15. The van der Waals surface area contributed by atoms with Gasteiger partial charge in [0.25, 0.3) is 0 Å². The minimum atomic E-state index is 0.707. The number of fused-ring (bicyclic) bond motifs is 1.